The van der Waals surface area contributed by atoms with Gasteiger partial charge >= 0.3 is 0 Å². The summed E-state index contributed by atoms with van der Waals surface area (Å²) in [6.07, 6.45) is 2.84. The van der Waals surface area contributed by atoms with E-state index in [1.54, 1.807) is 30.5 Å². The van der Waals surface area contributed by atoms with E-state index in [4.69, 9.17) is 9.47 Å². The standard InChI is InChI=1S/C23H20N4O4/c1-16-5-4-6-18(13-16)31-21-19(23(29)27-8-3-2-7-20(27)25-21)14-17(15-24)22(28)26-9-11-30-12-10-26/h2-8,13-14H,9-12H2,1H3/b17-14-. The molecule has 0 atom stereocenters. The van der Waals surface area contributed by atoms with E-state index >= 15 is 0 Å². The molecule has 0 radical (unpaired) electrons. The van der Waals surface area contributed by atoms with Crippen LogP contribution < -0.4 is 10.3 Å². The van der Waals surface area contributed by atoms with Gasteiger partial charge in [-0.15, -0.1) is 0 Å². The van der Waals surface area contributed by atoms with E-state index in [9.17, 15) is 14.9 Å². The monoisotopic (exact) mass is 416 g/mol. The number of amides is 1. The molecule has 31 heavy (non-hydrogen) atoms. The molecular weight excluding hydrogens is 396 g/mol. The summed E-state index contributed by atoms with van der Waals surface area (Å²) in [6, 6.07) is 14.4. The van der Waals surface area contributed by atoms with Gasteiger partial charge in [0.15, 0.2) is 0 Å². The Bertz CT molecular complexity index is 1270. The Labute approximate surface area is 178 Å². The summed E-state index contributed by atoms with van der Waals surface area (Å²) in [4.78, 5) is 32.0. The number of hydrogen-bond acceptors (Lipinski definition) is 6. The van der Waals surface area contributed by atoms with Crippen LogP contribution in [-0.2, 0) is 9.53 Å². The van der Waals surface area contributed by atoms with Gasteiger partial charge in [0, 0.05) is 19.3 Å². The molecule has 1 aliphatic heterocycles. The molecule has 0 aliphatic carbocycles. The number of morpholine rings is 1. The lowest BCUT2D eigenvalue weighted by atomic mass is 10.1. The van der Waals surface area contributed by atoms with E-state index in [1.807, 2.05) is 31.2 Å². The topological polar surface area (TPSA) is 96.9 Å². The van der Waals surface area contributed by atoms with E-state index in [0.717, 1.165) is 5.56 Å². The lowest BCUT2D eigenvalue weighted by molar-refractivity contribution is -0.130. The molecule has 0 N–H and O–H groups in total. The number of benzene rings is 1. The number of carbonyl (C=O) groups is 1. The summed E-state index contributed by atoms with van der Waals surface area (Å²) in [5, 5.41) is 9.64. The fourth-order valence-electron chi connectivity index (χ4n) is 3.30. The van der Waals surface area contributed by atoms with Gasteiger partial charge in [0.25, 0.3) is 11.5 Å². The second kappa shape index (κ2) is 8.81. The molecular formula is C23H20N4O4. The quantitative estimate of drug-likeness (QED) is 0.479. The first-order chi connectivity index (χ1) is 15.1. The fourth-order valence-corrected chi connectivity index (χ4v) is 3.30. The highest BCUT2D eigenvalue weighted by Gasteiger charge is 2.23. The molecule has 0 bridgehead atoms. The zero-order valence-electron chi connectivity index (χ0n) is 16.9. The van der Waals surface area contributed by atoms with E-state index < -0.39 is 11.5 Å². The minimum Gasteiger partial charge on any atom is -0.438 e. The maximum atomic E-state index is 13.2. The minimum absolute atomic E-state index is 0.0309. The molecule has 0 unspecified atom stereocenters. The highest BCUT2D eigenvalue weighted by Crippen LogP contribution is 2.25. The Morgan fingerprint density at radius 1 is 1.23 bits per heavy atom. The summed E-state index contributed by atoms with van der Waals surface area (Å²) in [7, 11) is 0. The number of rotatable bonds is 4. The zero-order chi connectivity index (χ0) is 21.8. The van der Waals surface area contributed by atoms with Crippen molar-refractivity contribution in [2.45, 2.75) is 6.92 Å². The third-order valence-corrected chi connectivity index (χ3v) is 4.88. The summed E-state index contributed by atoms with van der Waals surface area (Å²) in [5.41, 5.74) is 0.808. The molecule has 2 aromatic heterocycles. The van der Waals surface area contributed by atoms with Crippen LogP contribution in [0.3, 0.4) is 0 Å². The number of aromatic nitrogens is 2. The van der Waals surface area contributed by atoms with Gasteiger partial charge in [0.2, 0.25) is 5.88 Å². The van der Waals surface area contributed by atoms with Gasteiger partial charge < -0.3 is 14.4 Å². The number of hydrogen-bond donors (Lipinski definition) is 0. The number of fused-ring (bicyclic) bond motifs is 1. The van der Waals surface area contributed by atoms with E-state index in [1.165, 1.54) is 15.4 Å². The molecule has 1 aromatic carbocycles. The van der Waals surface area contributed by atoms with Crippen molar-refractivity contribution in [2.75, 3.05) is 26.3 Å². The van der Waals surface area contributed by atoms with Gasteiger partial charge in [0.1, 0.15) is 28.6 Å². The molecule has 1 fully saturated rings. The Morgan fingerprint density at radius 3 is 2.77 bits per heavy atom. The van der Waals surface area contributed by atoms with Crippen LogP contribution in [-0.4, -0.2) is 46.5 Å². The van der Waals surface area contributed by atoms with Gasteiger partial charge in [-0.3, -0.25) is 14.0 Å². The van der Waals surface area contributed by atoms with Crippen LogP contribution in [0, 0.1) is 18.3 Å². The van der Waals surface area contributed by atoms with Crippen molar-refractivity contribution in [3.05, 3.63) is 75.7 Å². The van der Waals surface area contributed by atoms with Gasteiger partial charge in [-0.05, 0) is 42.8 Å². The lowest BCUT2D eigenvalue weighted by Gasteiger charge is -2.26. The van der Waals surface area contributed by atoms with Crippen molar-refractivity contribution in [3.63, 3.8) is 0 Å². The van der Waals surface area contributed by atoms with Gasteiger partial charge in [-0.25, -0.2) is 0 Å². The lowest BCUT2D eigenvalue weighted by Crippen LogP contribution is -2.41. The molecule has 8 heteroatoms. The molecule has 156 valence electrons. The molecule has 0 spiro atoms. The van der Waals surface area contributed by atoms with Crippen LogP contribution in [0.15, 0.2) is 59.0 Å². The summed E-state index contributed by atoms with van der Waals surface area (Å²) < 4.78 is 12.5. The van der Waals surface area contributed by atoms with Crippen molar-refractivity contribution in [2.24, 2.45) is 0 Å². The average Bonchev–Trinajstić information content (AvgIpc) is 2.79. The molecule has 0 saturated carbocycles. The van der Waals surface area contributed by atoms with Crippen molar-refractivity contribution in [1.82, 2.24) is 14.3 Å². The van der Waals surface area contributed by atoms with Crippen LogP contribution in [0.2, 0.25) is 0 Å². The Kier molecular flexibility index (Phi) is 5.78. The van der Waals surface area contributed by atoms with Gasteiger partial charge in [0.05, 0.1) is 13.2 Å². The Morgan fingerprint density at radius 2 is 2.03 bits per heavy atom. The average molecular weight is 416 g/mol. The van der Waals surface area contributed by atoms with Crippen LogP contribution in [0.1, 0.15) is 11.1 Å². The highest BCUT2D eigenvalue weighted by atomic mass is 16.5. The molecule has 1 saturated heterocycles. The second-order valence-corrected chi connectivity index (χ2v) is 7.06. The number of ether oxygens (including phenoxy) is 2. The normalized spacial score (nSPS) is 14.3. The summed E-state index contributed by atoms with van der Waals surface area (Å²) in [6.45, 7) is 3.52. The maximum absolute atomic E-state index is 13.2. The Hall–Kier alpha value is -3.96. The number of nitrogens with zero attached hydrogens (tertiary/aromatic N) is 4. The number of nitriles is 1. The Balaban J connectivity index is 1.83. The molecule has 4 rings (SSSR count). The molecule has 3 aromatic rings. The first-order valence-electron chi connectivity index (χ1n) is 9.81. The second-order valence-electron chi connectivity index (χ2n) is 7.06. The smallest absolute Gasteiger partial charge is 0.269 e. The SMILES string of the molecule is Cc1cccc(Oc2nc3ccccn3c(=O)c2/C=C(/C#N)C(=O)N2CCOCC2)c1. The summed E-state index contributed by atoms with van der Waals surface area (Å²) >= 11 is 0. The van der Waals surface area contributed by atoms with E-state index in [0.29, 0.717) is 37.7 Å². The van der Waals surface area contributed by atoms with Crippen molar-refractivity contribution >= 4 is 17.6 Å². The fraction of sp³-hybridized carbons (Fsp3) is 0.217. The van der Waals surface area contributed by atoms with Crippen LogP contribution in [0.5, 0.6) is 11.6 Å². The minimum atomic E-state index is -0.454. The zero-order valence-corrected chi connectivity index (χ0v) is 16.9. The van der Waals surface area contributed by atoms with Crippen LogP contribution >= 0.6 is 0 Å². The van der Waals surface area contributed by atoms with Crippen molar-refractivity contribution < 1.29 is 14.3 Å². The number of aryl methyl sites for hydroxylation is 1. The van der Waals surface area contributed by atoms with Crippen LogP contribution in [0.25, 0.3) is 11.7 Å². The highest BCUT2D eigenvalue weighted by molar-refractivity contribution is 6.02. The molecule has 1 amide bonds. The van der Waals surface area contributed by atoms with E-state index in [-0.39, 0.29) is 17.0 Å². The first-order valence-corrected chi connectivity index (χ1v) is 9.81. The molecule has 8 nitrogen and oxygen atoms in total. The number of carbonyl (C=O) groups excluding carboxylic acids is 1. The maximum Gasteiger partial charge on any atom is 0.269 e. The predicted octanol–water partition coefficient (Wildman–Crippen LogP) is 2.56. The van der Waals surface area contributed by atoms with Crippen molar-refractivity contribution in [1.29, 1.82) is 5.26 Å². The largest absolute Gasteiger partial charge is 0.438 e. The molecule has 1 aliphatic rings. The third kappa shape index (κ3) is 4.32. The number of pyridine rings is 1. The predicted molar refractivity (Wildman–Crippen MR) is 114 cm³/mol. The van der Waals surface area contributed by atoms with Gasteiger partial charge in [-0.1, -0.05) is 18.2 Å². The third-order valence-electron chi connectivity index (χ3n) is 4.88. The van der Waals surface area contributed by atoms with Gasteiger partial charge in [-0.2, -0.15) is 10.2 Å². The summed E-state index contributed by atoms with van der Waals surface area (Å²) in [5.74, 6) is 0.0778. The molecule has 3 heterocycles. The van der Waals surface area contributed by atoms with Crippen molar-refractivity contribution in [3.8, 4) is 17.7 Å². The van der Waals surface area contributed by atoms with Crippen LogP contribution in [0.4, 0.5) is 0 Å². The first kappa shape index (κ1) is 20.3. The van der Waals surface area contributed by atoms with E-state index in [2.05, 4.69) is 4.98 Å².